The fourth-order valence-electron chi connectivity index (χ4n) is 6.34. The zero-order valence-corrected chi connectivity index (χ0v) is 24.2. The van der Waals surface area contributed by atoms with Crippen molar-refractivity contribution in [3.05, 3.63) is 59.7 Å². The van der Waals surface area contributed by atoms with Crippen LogP contribution in [0.15, 0.2) is 42.7 Å². The molecule has 2 aromatic heterocycles. The van der Waals surface area contributed by atoms with Crippen LogP contribution in [0.2, 0.25) is 0 Å². The van der Waals surface area contributed by atoms with Crippen molar-refractivity contribution in [2.45, 2.75) is 50.5 Å². The van der Waals surface area contributed by atoms with E-state index in [0.717, 1.165) is 47.1 Å². The minimum absolute atomic E-state index is 0.0485. The molecule has 0 spiro atoms. The minimum atomic E-state index is -1.04. The van der Waals surface area contributed by atoms with E-state index in [0.29, 0.717) is 37.8 Å². The van der Waals surface area contributed by atoms with Gasteiger partial charge in [-0.3, -0.25) is 4.79 Å². The molecule has 0 radical (unpaired) electrons. The summed E-state index contributed by atoms with van der Waals surface area (Å²) in [5, 5.41) is 11.4. The van der Waals surface area contributed by atoms with Crippen molar-refractivity contribution in [3.8, 4) is 12.1 Å². The number of rotatable bonds is 7. The highest BCUT2D eigenvalue weighted by atomic mass is 19.1. The topological polar surface area (TPSA) is 134 Å². The van der Waals surface area contributed by atoms with E-state index >= 15 is 0 Å². The standard InChI is InChI=1S/C31H35FN8O3/c1-19(32)30(41)40-13-12-39(16-21(40)9-10-33)29-24-18-42-26(28-23-8-4-3-6-20(23)14-27(34)36-28)15-25(24)35-31(37-29)43-17-22-7-5-11-38(22)2/h3-4,6,8,14,21-22,26H,1,5,7,9,11-13,15-18H2,2H3,(H2,34,36)/t21-,22+,26?/m1/s1. The van der Waals surface area contributed by atoms with Crippen LogP contribution in [-0.2, 0) is 22.6 Å². The maximum absolute atomic E-state index is 13.8. The number of likely N-dealkylation sites (tertiary alicyclic amines) is 1. The van der Waals surface area contributed by atoms with E-state index in [-0.39, 0.29) is 37.7 Å². The van der Waals surface area contributed by atoms with Gasteiger partial charge in [0.05, 0.1) is 36.5 Å². The van der Waals surface area contributed by atoms with Gasteiger partial charge < -0.3 is 29.9 Å². The van der Waals surface area contributed by atoms with Crippen molar-refractivity contribution in [2.24, 2.45) is 0 Å². The Balaban J connectivity index is 1.34. The molecule has 1 unspecified atom stereocenters. The Morgan fingerprint density at radius 3 is 2.84 bits per heavy atom. The second-order valence-electron chi connectivity index (χ2n) is 11.4. The number of fused-ring (bicyclic) bond motifs is 2. The molecule has 5 heterocycles. The summed E-state index contributed by atoms with van der Waals surface area (Å²) >= 11 is 0. The Bertz CT molecular complexity index is 1590. The molecular formula is C31H35FN8O3. The summed E-state index contributed by atoms with van der Waals surface area (Å²) in [6, 6.07) is 11.9. The maximum atomic E-state index is 13.8. The van der Waals surface area contributed by atoms with Gasteiger partial charge >= 0.3 is 6.01 Å². The second-order valence-corrected chi connectivity index (χ2v) is 11.4. The van der Waals surface area contributed by atoms with E-state index in [4.69, 9.17) is 25.2 Å². The summed E-state index contributed by atoms with van der Waals surface area (Å²) in [5.41, 5.74) is 8.53. The van der Waals surface area contributed by atoms with Gasteiger partial charge in [0.2, 0.25) is 0 Å². The molecule has 1 aromatic carbocycles. The molecule has 224 valence electrons. The number of piperazine rings is 1. The fourth-order valence-corrected chi connectivity index (χ4v) is 6.34. The Morgan fingerprint density at radius 2 is 2.07 bits per heavy atom. The Kier molecular flexibility index (Phi) is 8.10. The van der Waals surface area contributed by atoms with Crippen molar-refractivity contribution in [3.63, 3.8) is 0 Å². The van der Waals surface area contributed by atoms with Crippen LogP contribution in [0.1, 0.15) is 42.3 Å². The van der Waals surface area contributed by atoms with Crippen molar-refractivity contribution in [2.75, 3.05) is 50.5 Å². The van der Waals surface area contributed by atoms with Gasteiger partial charge in [-0.1, -0.05) is 30.8 Å². The van der Waals surface area contributed by atoms with Gasteiger partial charge in [-0.05, 0) is 37.9 Å². The molecule has 2 saturated heterocycles. The predicted molar refractivity (Wildman–Crippen MR) is 159 cm³/mol. The second kappa shape index (κ2) is 12.1. The number of anilines is 2. The number of nitrogens with two attached hydrogens (primary N) is 1. The van der Waals surface area contributed by atoms with Gasteiger partial charge in [0.15, 0.2) is 5.83 Å². The first-order valence-electron chi connectivity index (χ1n) is 14.6. The maximum Gasteiger partial charge on any atom is 0.318 e. The van der Waals surface area contributed by atoms with Crippen molar-refractivity contribution < 1.29 is 18.7 Å². The third-order valence-electron chi connectivity index (χ3n) is 8.63. The number of benzene rings is 1. The van der Waals surface area contributed by atoms with Crippen LogP contribution in [0.5, 0.6) is 6.01 Å². The number of nitrogens with zero attached hydrogens (tertiary/aromatic N) is 7. The molecule has 2 fully saturated rings. The Morgan fingerprint density at radius 1 is 1.23 bits per heavy atom. The van der Waals surface area contributed by atoms with E-state index in [1.165, 1.54) is 4.90 Å². The van der Waals surface area contributed by atoms with Crippen LogP contribution in [0.3, 0.4) is 0 Å². The first kappa shape index (κ1) is 28.8. The lowest BCUT2D eigenvalue weighted by atomic mass is 9.98. The molecule has 0 bridgehead atoms. The van der Waals surface area contributed by atoms with Crippen LogP contribution >= 0.6 is 0 Å². The summed E-state index contributed by atoms with van der Waals surface area (Å²) < 4.78 is 26.4. The van der Waals surface area contributed by atoms with Crippen LogP contribution in [-0.4, -0.2) is 82.6 Å². The molecule has 0 aliphatic carbocycles. The SMILES string of the molecule is C=C(F)C(=O)N1CCN(c2nc(OC[C@@H]3CCCN3C)nc3c2COC(c2nc(N)cc4ccccc24)C3)C[C@H]1CC#N. The number of hydrogen-bond donors (Lipinski definition) is 1. The number of nitrogen functional groups attached to an aromatic ring is 1. The molecule has 43 heavy (non-hydrogen) atoms. The molecule has 6 rings (SSSR count). The summed E-state index contributed by atoms with van der Waals surface area (Å²) in [6.07, 6.45) is 2.27. The zero-order chi connectivity index (χ0) is 30.1. The summed E-state index contributed by atoms with van der Waals surface area (Å²) in [4.78, 5) is 32.5. The van der Waals surface area contributed by atoms with Gasteiger partial charge in [-0.2, -0.15) is 15.2 Å². The lowest BCUT2D eigenvalue weighted by Gasteiger charge is -2.42. The number of aromatic nitrogens is 3. The third kappa shape index (κ3) is 5.83. The zero-order valence-electron chi connectivity index (χ0n) is 24.2. The minimum Gasteiger partial charge on any atom is -0.462 e. The Labute approximate surface area is 249 Å². The number of ether oxygens (including phenoxy) is 2. The van der Waals surface area contributed by atoms with Gasteiger partial charge in [0.25, 0.3) is 5.91 Å². The molecule has 3 aliphatic heterocycles. The number of amides is 1. The Hall–Kier alpha value is -4.34. The number of nitriles is 1. The molecule has 1 amide bonds. The van der Waals surface area contributed by atoms with E-state index in [9.17, 15) is 14.4 Å². The molecule has 0 saturated carbocycles. The molecule has 2 N–H and O–H groups in total. The first-order valence-corrected chi connectivity index (χ1v) is 14.6. The number of likely N-dealkylation sites (N-methyl/N-ethyl adjacent to an activating group) is 1. The highest BCUT2D eigenvalue weighted by molar-refractivity contribution is 5.91. The average Bonchev–Trinajstić information content (AvgIpc) is 3.42. The quantitative estimate of drug-likeness (QED) is 0.411. The van der Waals surface area contributed by atoms with E-state index < -0.39 is 17.8 Å². The summed E-state index contributed by atoms with van der Waals surface area (Å²) in [7, 11) is 2.09. The van der Waals surface area contributed by atoms with Gasteiger partial charge in [-0.15, -0.1) is 0 Å². The van der Waals surface area contributed by atoms with Crippen LogP contribution in [0.4, 0.5) is 16.0 Å². The van der Waals surface area contributed by atoms with Crippen molar-refractivity contribution >= 4 is 28.3 Å². The van der Waals surface area contributed by atoms with E-state index in [1.807, 2.05) is 35.2 Å². The lowest BCUT2D eigenvalue weighted by Crippen LogP contribution is -2.55. The van der Waals surface area contributed by atoms with Crippen LogP contribution in [0.25, 0.3) is 10.8 Å². The van der Waals surface area contributed by atoms with Gasteiger partial charge in [0.1, 0.15) is 24.3 Å². The number of halogens is 1. The van der Waals surface area contributed by atoms with Crippen molar-refractivity contribution in [1.82, 2.24) is 24.8 Å². The fraction of sp³-hybridized carbons (Fsp3) is 0.452. The lowest BCUT2D eigenvalue weighted by molar-refractivity contribution is -0.131. The van der Waals surface area contributed by atoms with Crippen LogP contribution in [0, 0.1) is 11.3 Å². The van der Waals surface area contributed by atoms with E-state index in [1.54, 1.807) is 0 Å². The summed E-state index contributed by atoms with van der Waals surface area (Å²) in [6.45, 7) is 5.79. The predicted octanol–water partition coefficient (Wildman–Crippen LogP) is 3.31. The van der Waals surface area contributed by atoms with Gasteiger partial charge in [0, 0.05) is 43.0 Å². The highest BCUT2D eigenvalue weighted by Gasteiger charge is 2.36. The smallest absolute Gasteiger partial charge is 0.318 e. The molecule has 12 heteroatoms. The van der Waals surface area contributed by atoms with E-state index in [2.05, 4.69) is 29.6 Å². The van der Waals surface area contributed by atoms with Crippen molar-refractivity contribution in [1.29, 1.82) is 5.26 Å². The largest absolute Gasteiger partial charge is 0.462 e. The molecular weight excluding hydrogens is 551 g/mol. The highest BCUT2D eigenvalue weighted by Crippen LogP contribution is 2.38. The first-order chi connectivity index (χ1) is 20.8. The summed E-state index contributed by atoms with van der Waals surface area (Å²) in [5.74, 6) is -0.770. The number of carbonyl (C=O) groups excluding carboxylic acids is 1. The molecule has 3 aliphatic rings. The third-order valence-corrected chi connectivity index (χ3v) is 8.63. The van der Waals surface area contributed by atoms with Gasteiger partial charge in [-0.25, -0.2) is 9.37 Å². The number of pyridine rings is 1. The molecule has 3 aromatic rings. The average molecular weight is 587 g/mol. The molecule has 3 atom stereocenters. The normalized spacial score (nSPS) is 22.3. The number of carbonyl (C=O) groups is 1. The monoisotopic (exact) mass is 586 g/mol. The molecule has 11 nitrogen and oxygen atoms in total. The van der Waals surface area contributed by atoms with Crippen LogP contribution < -0.4 is 15.4 Å². The number of hydrogen-bond acceptors (Lipinski definition) is 10.